The summed E-state index contributed by atoms with van der Waals surface area (Å²) in [7, 11) is 2.96. The first-order chi connectivity index (χ1) is 14.9. The van der Waals surface area contributed by atoms with Crippen molar-refractivity contribution >= 4 is 16.9 Å². The summed E-state index contributed by atoms with van der Waals surface area (Å²) in [5, 5.41) is 3.11. The molecule has 0 bridgehead atoms. The second-order valence-corrected chi connectivity index (χ2v) is 8.14. The summed E-state index contributed by atoms with van der Waals surface area (Å²) in [4.78, 5) is 43.7. The van der Waals surface area contributed by atoms with E-state index >= 15 is 0 Å². The number of amides is 1. The van der Waals surface area contributed by atoms with E-state index in [9.17, 15) is 14.4 Å². The molecule has 0 atom stereocenters. The highest BCUT2D eigenvalue weighted by molar-refractivity contribution is 5.96. The SMILES string of the molecule is Cn1c(=O)c2cc(C(=O)NCc3ccc(CN4CCCCC4)cc3)cnc2n(C)c1=O. The van der Waals surface area contributed by atoms with Gasteiger partial charge in [-0.25, -0.2) is 9.78 Å². The number of aromatic nitrogens is 3. The fraction of sp³-hybridized carbons (Fsp3) is 0.391. The number of pyridine rings is 1. The van der Waals surface area contributed by atoms with Crippen molar-refractivity contribution in [1.82, 2.24) is 24.3 Å². The molecule has 3 aromatic rings. The molecule has 0 saturated carbocycles. The lowest BCUT2D eigenvalue weighted by atomic mass is 10.1. The third kappa shape index (κ3) is 4.44. The van der Waals surface area contributed by atoms with Gasteiger partial charge in [-0.3, -0.25) is 23.6 Å². The average molecular weight is 422 g/mol. The number of carbonyl (C=O) groups excluding carboxylic acids is 1. The lowest BCUT2D eigenvalue weighted by Crippen LogP contribution is -2.37. The Labute approximate surface area is 180 Å². The topological polar surface area (TPSA) is 89.2 Å². The molecule has 31 heavy (non-hydrogen) atoms. The Bertz CT molecular complexity index is 1220. The molecule has 0 unspecified atom stereocenters. The maximum Gasteiger partial charge on any atom is 0.332 e. The molecule has 0 radical (unpaired) electrons. The third-order valence-corrected chi connectivity index (χ3v) is 5.89. The standard InChI is InChI=1S/C23H27N5O3/c1-26-20-19(22(30)27(2)23(26)31)12-18(14-24-20)21(29)25-13-16-6-8-17(9-7-16)15-28-10-4-3-5-11-28/h6-9,12,14H,3-5,10-11,13,15H2,1-2H3,(H,25,29). The lowest BCUT2D eigenvalue weighted by molar-refractivity contribution is 0.0950. The molecule has 0 aliphatic carbocycles. The molecule has 2 aromatic heterocycles. The van der Waals surface area contributed by atoms with Gasteiger partial charge in [0.25, 0.3) is 11.5 Å². The Morgan fingerprint density at radius 1 is 1.00 bits per heavy atom. The lowest BCUT2D eigenvalue weighted by Gasteiger charge is -2.26. The van der Waals surface area contributed by atoms with Gasteiger partial charge >= 0.3 is 5.69 Å². The van der Waals surface area contributed by atoms with Crippen LogP contribution in [0, 0.1) is 0 Å². The molecule has 8 heteroatoms. The van der Waals surface area contributed by atoms with Gasteiger partial charge in [0.15, 0.2) is 0 Å². The molecule has 1 amide bonds. The largest absolute Gasteiger partial charge is 0.348 e. The van der Waals surface area contributed by atoms with Crippen LogP contribution in [0.2, 0.25) is 0 Å². The second kappa shape index (κ2) is 8.85. The van der Waals surface area contributed by atoms with Crippen LogP contribution in [0.25, 0.3) is 11.0 Å². The van der Waals surface area contributed by atoms with Crippen molar-refractivity contribution in [3.05, 3.63) is 74.1 Å². The Hall–Kier alpha value is -3.26. The number of rotatable bonds is 5. The van der Waals surface area contributed by atoms with Gasteiger partial charge in [-0.05, 0) is 43.1 Å². The van der Waals surface area contributed by atoms with E-state index in [2.05, 4.69) is 27.3 Å². The van der Waals surface area contributed by atoms with Crippen molar-refractivity contribution in [2.45, 2.75) is 32.4 Å². The normalized spacial score (nSPS) is 14.6. The minimum Gasteiger partial charge on any atom is -0.348 e. The molecule has 1 saturated heterocycles. The van der Waals surface area contributed by atoms with Gasteiger partial charge in [-0.1, -0.05) is 30.7 Å². The van der Waals surface area contributed by atoms with E-state index in [0.717, 1.165) is 29.8 Å². The highest BCUT2D eigenvalue weighted by Crippen LogP contribution is 2.14. The van der Waals surface area contributed by atoms with E-state index in [4.69, 9.17) is 0 Å². The molecular formula is C23H27N5O3. The van der Waals surface area contributed by atoms with Crippen LogP contribution in [0.5, 0.6) is 0 Å². The number of nitrogens with zero attached hydrogens (tertiary/aromatic N) is 4. The number of hydrogen-bond donors (Lipinski definition) is 1. The molecule has 0 spiro atoms. The van der Waals surface area contributed by atoms with Gasteiger partial charge < -0.3 is 5.32 Å². The molecule has 1 aromatic carbocycles. The third-order valence-electron chi connectivity index (χ3n) is 5.89. The molecule has 162 valence electrons. The van der Waals surface area contributed by atoms with E-state index in [1.807, 2.05) is 12.1 Å². The van der Waals surface area contributed by atoms with Crippen LogP contribution in [0.15, 0.2) is 46.1 Å². The number of nitrogens with one attached hydrogen (secondary N) is 1. The summed E-state index contributed by atoms with van der Waals surface area (Å²) >= 11 is 0. The van der Waals surface area contributed by atoms with Crippen molar-refractivity contribution in [3.8, 4) is 0 Å². The van der Waals surface area contributed by atoms with Gasteiger partial charge in [0.1, 0.15) is 5.65 Å². The summed E-state index contributed by atoms with van der Waals surface area (Å²) in [5.74, 6) is -0.317. The summed E-state index contributed by atoms with van der Waals surface area (Å²) in [5.41, 5.74) is 1.90. The van der Waals surface area contributed by atoms with E-state index in [-0.39, 0.29) is 22.5 Å². The Morgan fingerprint density at radius 2 is 1.68 bits per heavy atom. The molecule has 3 heterocycles. The average Bonchev–Trinajstić information content (AvgIpc) is 2.81. The molecule has 4 rings (SSSR count). The summed E-state index contributed by atoms with van der Waals surface area (Å²) < 4.78 is 2.31. The fourth-order valence-corrected chi connectivity index (χ4v) is 4.01. The zero-order valence-corrected chi connectivity index (χ0v) is 17.9. The summed E-state index contributed by atoms with van der Waals surface area (Å²) in [6.45, 7) is 3.67. The Kier molecular flexibility index (Phi) is 5.99. The Morgan fingerprint density at radius 3 is 2.39 bits per heavy atom. The van der Waals surface area contributed by atoms with Crippen LogP contribution < -0.4 is 16.6 Å². The van der Waals surface area contributed by atoms with Gasteiger partial charge in [0.2, 0.25) is 0 Å². The predicted octanol–water partition coefficient (Wildman–Crippen LogP) is 1.55. The van der Waals surface area contributed by atoms with Gasteiger partial charge in [-0.2, -0.15) is 0 Å². The predicted molar refractivity (Wildman–Crippen MR) is 119 cm³/mol. The maximum absolute atomic E-state index is 12.6. The van der Waals surface area contributed by atoms with Gasteiger partial charge in [-0.15, -0.1) is 0 Å². The molecule has 1 aliphatic rings. The second-order valence-electron chi connectivity index (χ2n) is 8.14. The first kappa shape index (κ1) is 21.0. The van der Waals surface area contributed by atoms with Crippen LogP contribution in [0.1, 0.15) is 40.7 Å². The number of piperidine rings is 1. The quantitative estimate of drug-likeness (QED) is 0.675. The maximum atomic E-state index is 12.6. The van der Waals surface area contributed by atoms with Crippen LogP contribution >= 0.6 is 0 Å². The number of fused-ring (bicyclic) bond motifs is 1. The van der Waals surface area contributed by atoms with Crippen molar-refractivity contribution in [3.63, 3.8) is 0 Å². The van der Waals surface area contributed by atoms with Crippen LogP contribution in [0.4, 0.5) is 0 Å². The molecule has 1 aliphatic heterocycles. The highest BCUT2D eigenvalue weighted by atomic mass is 16.2. The zero-order valence-electron chi connectivity index (χ0n) is 17.9. The number of likely N-dealkylation sites (tertiary alicyclic amines) is 1. The molecule has 1 fully saturated rings. The van der Waals surface area contributed by atoms with Crippen LogP contribution in [-0.4, -0.2) is 38.0 Å². The highest BCUT2D eigenvalue weighted by Gasteiger charge is 2.14. The minimum atomic E-state index is -0.468. The molecule has 1 N–H and O–H groups in total. The van der Waals surface area contributed by atoms with E-state index < -0.39 is 11.2 Å². The number of aryl methyl sites for hydroxylation is 1. The van der Waals surface area contributed by atoms with Gasteiger partial charge in [0, 0.05) is 33.4 Å². The van der Waals surface area contributed by atoms with E-state index in [1.54, 1.807) is 7.05 Å². The fourth-order valence-electron chi connectivity index (χ4n) is 4.01. The number of carbonyl (C=O) groups is 1. The van der Waals surface area contributed by atoms with Crippen LogP contribution in [-0.2, 0) is 27.2 Å². The number of benzene rings is 1. The minimum absolute atomic E-state index is 0.235. The van der Waals surface area contributed by atoms with Gasteiger partial charge in [0.05, 0.1) is 10.9 Å². The van der Waals surface area contributed by atoms with Crippen molar-refractivity contribution in [1.29, 1.82) is 0 Å². The van der Waals surface area contributed by atoms with Crippen molar-refractivity contribution < 1.29 is 4.79 Å². The smallest absolute Gasteiger partial charge is 0.332 e. The van der Waals surface area contributed by atoms with Crippen molar-refractivity contribution in [2.75, 3.05) is 13.1 Å². The van der Waals surface area contributed by atoms with Crippen LogP contribution in [0.3, 0.4) is 0 Å². The number of hydrogen-bond acceptors (Lipinski definition) is 5. The monoisotopic (exact) mass is 421 g/mol. The van der Waals surface area contributed by atoms with E-state index in [0.29, 0.717) is 6.54 Å². The first-order valence-electron chi connectivity index (χ1n) is 10.6. The summed E-state index contributed by atoms with van der Waals surface area (Å²) in [6.07, 6.45) is 5.26. The zero-order chi connectivity index (χ0) is 22.0. The van der Waals surface area contributed by atoms with Crippen molar-refractivity contribution in [2.24, 2.45) is 14.1 Å². The first-order valence-corrected chi connectivity index (χ1v) is 10.6. The molecule has 8 nitrogen and oxygen atoms in total. The Balaban J connectivity index is 1.43. The summed E-state index contributed by atoms with van der Waals surface area (Å²) in [6, 6.07) is 9.77. The molecular weight excluding hydrogens is 394 g/mol. The van der Waals surface area contributed by atoms with E-state index in [1.165, 1.54) is 48.7 Å².